The molecule has 0 bridgehead atoms. The van der Waals surface area contributed by atoms with Gasteiger partial charge in [0.15, 0.2) is 6.17 Å². The van der Waals surface area contributed by atoms with Crippen molar-refractivity contribution in [2.24, 2.45) is 5.92 Å². The number of allylic oxidation sites excluding steroid dienone is 1. The molecule has 5 unspecified atom stereocenters. The molecule has 0 saturated carbocycles. The standard InChI is InChI=1S/C34H45N3O3S3/c1-10-17-42-34(41-9)21(5)22(6)43-30-27(34)24-18-23-15-14-19(3)20(4)26(23)28-29(24)37(33(30,7)11-2)32(40)31(35-28)36(8)25(39)13-12-16-38/h10,16,18-20,31,35H,1,11-15,17H2,2-9H3. The van der Waals surface area contributed by atoms with E-state index in [0.717, 1.165) is 48.2 Å². The van der Waals surface area contributed by atoms with Gasteiger partial charge in [-0.15, -0.1) is 30.1 Å². The molecule has 1 aromatic carbocycles. The van der Waals surface area contributed by atoms with E-state index in [4.69, 9.17) is 0 Å². The van der Waals surface area contributed by atoms with Crippen molar-refractivity contribution in [2.45, 2.75) is 95.3 Å². The molecule has 2 amide bonds. The number of carbonyl (C=O) groups is 3. The molecule has 6 nitrogen and oxygen atoms in total. The van der Waals surface area contributed by atoms with Gasteiger partial charge in [0.25, 0.3) is 5.91 Å². The van der Waals surface area contributed by atoms with Crippen molar-refractivity contribution >= 4 is 70.3 Å². The number of aryl methyl sites for hydroxylation is 1. The zero-order valence-electron chi connectivity index (χ0n) is 26.8. The summed E-state index contributed by atoms with van der Waals surface area (Å²) in [7, 11) is 1.68. The lowest BCUT2D eigenvalue weighted by molar-refractivity contribution is -0.137. The van der Waals surface area contributed by atoms with Gasteiger partial charge in [-0.25, -0.2) is 0 Å². The van der Waals surface area contributed by atoms with Gasteiger partial charge in [-0.05, 0) is 85.8 Å². The second kappa shape index (κ2) is 12.0. The second-order valence-corrected chi connectivity index (χ2v) is 16.2. The number of hydrogen-bond donors (Lipinski definition) is 1. The number of benzene rings is 1. The number of thioether (sulfide) groups is 3. The highest BCUT2D eigenvalue weighted by molar-refractivity contribution is 8.19. The first kappa shape index (κ1) is 32.3. The van der Waals surface area contributed by atoms with Crippen LogP contribution in [0.4, 0.5) is 11.4 Å². The molecule has 43 heavy (non-hydrogen) atoms. The summed E-state index contributed by atoms with van der Waals surface area (Å²) in [5.74, 6) is 1.28. The van der Waals surface area contributed by atoms with Gasteiger partial charge in [0.05, 0.1) is 16.9 Å². The van der Waals surface area contributed by atoms with Crippen LogP contribution in [-0.4, -0.2) is 57.8 Å². The number of aldehydes is 1. The van der Waals surface area contributed by atoms with Crippen LogP contribution in [0.1, 0.15) is 89.8 Å². The maximum Gasteiger partial charge on any atom is 0.271 e. The Hall–Kier alpha value is -2.10. The molecule has 1 aliphatic carbocycles. The van der Waals surface area contributed by atoms with Crippen LogP contribution >= 0.6 is 35.3 Å². The SMILES string of the molecule is C=CCSC1(SC)C(C)=C(C)SC2=C1c1cc3c(c4c1N(C(=O)C(N(C)C(=O)CCC=O)N4)C2(C)CC)C(C)C(C)CC3. The van der Waals surface area contributed by atoms with Gasteiger partial charge < -0.3 is 15.0 Å². The first-order valence-corrected chi connectivity index (χ1v) is 18.4. The van der Waals surface area contributed by atoms with Gasteiger partial charge in [0.2, 0.25) is 5.91 Å². The van der Waals surface area contributed by atoms with Crippen LogP contribution < -0.4 is 10.2 Å². The number of hydrogen-bond acceptors (Lipinski definition) is 7. The monoisotopic (exact) mass is 639 g/mol. The van der Waals surface area contributed by atoms with E-state index in [-0.39, 0.29) is 28.7 Å². The lowest BCUT2D eigenvalue weighted by Gasteiger charge is -2.56. The summed E-state index contributed by atoms with van der Waals surface area (Å²) < 4.78 is -0.321. The molecular formula is C34H45N3O3S3. The highest BCUT2D eigenvalue weighted by Gasteiger charge is 2.57. The molecule has 5 atom stereocenters. The zero-order valence-corrected chi connectivity index (χ0v) is 29.2. The molecule has 5 rings (SSSR count). The van der Waals surface area contributed by atoms with Crippen molar-refractivity contribution in [3.05, 3.63) is 50.8 Å². The maximum absolute atomic E-state index is 14.8. The topological polar surface area (TPSA) is 69.7 Å². The highest BCUT2D eigenvalue weighted by Crippen LogP contribution is 2.67. The Morgan fingerprint density at radius 3 is 2.67 bits per heavy atom. The summed E-state index contributed by atoms with van der Waals surface area (Å²) in [5.41, 5.74) is 7.76. The van der Waals surface area contributed by atoms with Gasteiger partial charge in [-0.3, -0.25) is 14.5 Å². The molecule has 232 valence electrons. The fraction of sp³-hybridized carbons (Fsp3) is 0.559. The van der Waals surface area contributed by atoms with Crippen LogP contribution in [0, 0.1) is 5.92 Å². The van der Waals surface area contributed by atoms with E-state index in [1.54, 1.807) is 7.05 Å². The van der Waals surface area contributed by atoms with Crippen molar-refractivity contribution in [1.29, 1.82) is 0 Å². The summed E-state index contributed by atoms with van der Waals surface area (Å²) in [4.78, 5) is 45.1. The fourth-order valence-electron chi connectivity index (χ4n) is 7.26. The quantitative estimate of drug-likeness (QED) is 0.168. The van der Waals surface area contributed by atoms with E-state index in [0.29, 0.717) is 11.8 Å². The summed E-state index contributed by atoms with van der Waals surface area (Å²) in [6.45, 7) is 17.5. The van der Waals surface area contributed by atoms with Crippen LogP contribution in [0.25, 0.3) is 5.57 Å². The number of rotatable bonds is 9. The first-order chi connectivity index (χ1) is 20.4. The molecular weight excluding hydrogens is 595 g/mol. The maximum atomic E-state index is 14.8. The minimum absolute atomic E-state index is 0.0835. The van der Waals surface area contributed by atoms with Crippen LogP contribution in [0.5, 0.6) is 0 Å². The van der Waals surface area contributed by atoms with Gasteiger partial charge in [-0.1, -0.05) is 38.6 Å². The van der Waals surface area contributed by atoms with Crippen LogP contribution in [0.2, 0.25) is 0 Å². The molecule has 4 aliphatic rings. The molecule has 1 N–H and O–H groups in total. The normalized spacial score (nSPS) is 29.4. The van der Waals surface area contributed by atoms with Gasteiger partial charge in [0, 0.05) is 41.7 Å². The minimum atomic E-state index is -0.851. The van der Waals surface area contributed by atoms with E-state index in [1.165, 1.54) is 37.0 Å². The van der Waals surface area contributed by atoms with Crippen LogP contribution in [0.3, 0.4) is 0 Å². The second-order valence-electron chi connectivity index (χ2n) is 12.5. The van der Waals surface area contributed by atoms with E-state index in [9.17, 15) is 14.4 Å². The summed E-state index contributed by atoms with van der Waals surface area (Å²) in [6, 6.07) is 2.40. The Morgan fingerprint density at radius 2 is 2.05 bits per heavy atom. The Morgan fingerprint density at radius 1 is 1.33 bits per heavy atom. The highest BCUT2D eigenvalue weighted by atomic mass is 32.2. The Kier molecular flexibility index (Phi) is 9.02. The van der Waals surface area contributed by atoms with Crippen molar-refractivity contribution in [2.75, 3.05) is 29.3 Å². The molecule has 9 heteroatoms. The molecule has 0 fully saturated rings. The summed E-state index contributed by atoms with van der Waals surface area (Å²) >= 11 is 5.61. The van der Waals surface area contributed by atoms with Crippen molar-refractivity contribution in [3.8, 4) is 0 Å². The lowest BCUT2D eigenvalue weighted by Crippen LogP contribution is -2.64. The number of nitrogens with zero attached hydrogens (tertiary/aromatic N) is 2. The Balaban J connectivity index is 1.85. The van der Waals surface area contributed by atoms with E-state index in [1.807, 2.05) is 46.3 Å². The average Bonchev–Trinajstić information content (AvgIpc) is 3.00. The summed E-state index contributed by atoms with van der Waals surface area (Å²) in [6.07, 6.45) is 7.15. The molecule has 3 heterocycles. The van der Waals surface area contributed by atoms with Crippen molar-refractivity contribution < 1.29 is 14.4 Å². The van der Waals surface area contributed by atoms with E-state index in [2.05, 4.69) is 65.8 Å². The number of carbonyl (C=O) groups excluding carboxylic acids is 3. The molecule has 0 spiro atoms. The van der Waals surface area contributed by atoms with Gasteiger partial charge >= 0.3 is 0 Å². The number of amides is 2. The Bertz CT molecular complexity index is 1450. The predicted octanol–water partition coefficient (Wildman–Crippen LogP) is 7.81. The third kappa shape index (κ3) is 4.75. The van der Waals surface area contributed by atoms with E-state index < -0.39 is 11.7 Å². The van der Waals surface area contributed by atoms with Gasteiger partial charge in [0.1, 0.15) is 10.4 Å². The van der Waals surface area contributed by atoms with Crippen molar-refractivity contribution in [3.63, 3.8) is 0 Å². The molecule has 0 radical (unpaired) electrons. The average molecular weight is 640 g/mol. The summed E-state index contributed by atoms with van der Waals surface area (Å²) in [5, 5.41) is 3.64. The smallest absolute Gasteiger partial charge is 0.271 e. The lowest BCUT2D eigenvalue weighted by atomic mass is 9.72. The molecule has 1 aromatic rings. The first-order valence-electron chi connectivity index (χ1n) is 15.3. The van der Waals surface area contributed by atoms with E-state index >= 15 is 0 Å². The van der Waals surface area contributed by atoms with Gasteiger partial charge in [-0.2, -0.15) is 0 Å². The van der Waals surface area contributed by atoms with Crippen LogP contribution in [0.15, 0.2) is 34.1 Å². The molecule has 3 aliphatic heterocycles. The third-order valence-corrected chi connectivity index (χ3v) is 15.0. The number of fused-ring (bicyclic) bond motifs is 3. The van der Waals surface area contributed by atoms with Crippen LogP contribution in [-0.2, 0) is 20.8 Å². The third-order valence-electron chi connectivity index (χ3n) is 10.3. The number of likely N-dealkylation sites (N-methyl/N-ethyl adjacent to an activating group) is 1. The molecule has 0 saturated heterocycles. The largest absolute Gasteiger partial charge is 0.355 e. The van der Waals surface area contributed by atoms with Crippen molar-refractivity contribution in [1.82, 2.24) is 4.90 Å². The zero-order chi connectivity index (χ0) is 31.4. The minimum Gasteiger partial charge on any atom is -0.355 e. The number of anilines is 2. The fourth-order valence-corrected chi connectivity index (χ4v) is 11.6. The Labute approximate surface area is 269 Å². The molecule has 0 aromatic heterocycles. The number of nitrogens with one attached hydrogen (secondary N) is 1. The predicted molar refractivity (Wildman–Crippen MR) is 186 cm³/mol.